The first-order valence-corrected chi connectivity index (χ1v) is 7.54. The Morgan fingerprint density at radius 3 is 2.24 bits per heavy atom. The van der Waals surface area contributed by atoms with Gasteiger partial charge in [0.05, 0.1) is 10.6 Å². The van der Waals surface area contributed by atoms with Crippen LogP contribution in [0.15, 0.2) is 53.4 Å². The molecule has 0 aliphatic rings. The third-order valence-corrected chi connectivity index (χ3v) is 4.56. The molecule has 2 aromatic carbocycles. The largest absolute Gasteiger partial charge is 0.416 e. The smallest absolute Gasteiger partial charge is 0.323 e. The highest BCUT2D eigenvalue weighted by molar-refractivity contribution is 7.99. The van der Waals surface area contributed by atoms with Crippen molar-refractivity contribution in [3.05, 3.63) is 64.7 Å². The van der Waals surface area contributed by atoms with Gasteiger partial charge in [-0.2, -0.15) is 13.2 Å². The molecule has 1 nitrogen and oxygen atoms in total. The number of alkyl halides is 3. The highest BCUT2D eigenvalue weighted by Crippen LogP contribution is 2.32. The number of benzene rings is 2. The topological polar surface area (TPSA) is 26.0 Å². The Morgan fingerprint density at radius 1 is 1.05 bits per heavy atom. The summed E-state index contributed by atoms with van der Waals surface area (Å²) in [5, 5.41) is 0.641. The summed E-state index contributed by atoms with van der Waals surface area (Å²) < 4.78 is 37.5. The number of halogens is 4. The number of hydrogen-bond acceptors (Lipinski definition) is 2. The molecule has 0 fully saturated rings. The van der Waals surface area contributed by atoms with Crippen LogP contribution in [-0.4, -0.2) is 5.75 Å². The van der Waals surface area contributed by atoms with E-state index in [1.165, 1.54) is 23.9 Å². The molecule has 0 amide bonds. The van der Waals surface area contributed by atoms with Gasteiger partial charge >= 0.3 is 6.18 Å². The Hall–Kier alpha value is -1.17. The Balaban J connectivity index is 2.01. The molecular weight excluding hydrogens is 319 g/mol. The lowest BCUT2D eigenvalue weighted by Gasteiger charge is -2.13. The summed E-state index contributed by atoms with van der Waals surface area (Å²) in [6.07, 6.45) is -4.32. The standard InChI is InChI=1S/C15H13ClF3NS/c16-12-3-1-2-4-14(12)21-9-13(20)10-5-7-11(8-6-10)15(17,18)19/h1-8,13H,9,20H2. The minimum absolute atomic E-state index is 0.353. The van der Waals surface area contributed by atoms with Gasteiger partial charge in [0.2, 0.25) is 0 Å². The summed E-state index contributed by atoms with van der Waals surface area (Å²) >= 11 is 7.52. The molecule has 2 N–H and O–H groups in total. The fourth-order valence-electron chi connectivity index (χ4n) is 1.76. The molecule has 0 heterocycles. The molecule has 0 saturated carbocycles. The number of rotatable bonds is 4. The first-order chi connectivity index (χ1) is 9.88. The fraction of sp³-hybridized carbons (Fsp3) is 0.200. The second kappa shape index (κ2) is 6.73. The third-order valence-electron chi connectivity index (χ3n) is 2.92. The number of hydrogen-bond donors (Lipinski definition) is 1. The van der Waals surface area contributed by atoms with Crippen LogP contribution >= 0.6 is 23.4 Å². The Morgan fingerprint density at radius 2 is 1.67 bits per heavy atom. The molecule has 2 aromatic rings. The highest BCUT2D eigenvalue weighted by Gasteiger charge is 2.30. The summed E-state index contributed by atoms with van der Waals surface area (Å²) in [5.74, 6) is 0.537. The van der Waals surface area contributed by atoms with E-state index >= 15 is 0 Å². The van der Waals surface area contributed by atoms with Crippen molar-refractivity contribution in [2.75, 3.05) is 5.75 Å². The average Bonchev–Trinajstić information content (AvgIpc) is 2.45. The molecular formula is C15H13ClF3NS. The predicted octanol–water partition coefficient (Wildman–Crippen LogP) is 5.15. The summed E-state index contributed by atoms with van der Waals surface area (Å²) in [7, 11) is 0. The Kier molecular flexibility index (Phi) is 5.19. The van der Waals surface area contributed by atoms with Crippen LogP contribution in [0.3, 0.4) is 0 Å². The number of thioether (sulfide) groups is 1. The van der Waals surface area contributed by atoms with Crippen LogP contribution in [-0.2, 0) is 6.18 Å². The fourth-order valence-corrected chi connectivity index (χ4v) is 2.99. The molecule has 0 aliphatic carbocycles. The van der Waals surface area contributed by atoms with E-state index in [0.717, 1.165) is 17.0 Å². The van der Waals surface area contributed by atoms with Crippen molar-refractivity contribution in [2.24, 2.45) is 5.73 Å². The van der Waals surface area contributed by atoms with Gasteiger partial charge in [-0.1, -0.05) is 35.9 Å². The molecule has 2 rings (SSSR count). The first kappa shape index (κ1) is 16.2. The zero-order valence-corrected chi connectivity index (χ0v) is 12.5. The van der Waals surface area contributed by atoms with Gasteiger partial charge in [-0.15, -0.1) is 11.8 Å². The molecule has 0 aliphatic heterocycles. The minimum atomic E-state index is -4.32. The van der Waals surface area contributed by atoms with E-state index in [4.69, 9.17) is 17.3 Å². The van der Waals surface area contributed by atoms with E-state index in [1.807, 2.05) is 18.2 Å². The van der Waals surface area contributed by atoms with Crippen molar-refractivity contribution in [1.29, 1.82) is 0 Å². The van der Waals surface area contributed by atoms with Gasteiger partial charge in [-0.05, 0) is 29.8 Å². The van der Waals surface area contributed by atoms with E-state index in [0.29, 0.717) is 16.3 Å². The highest BCUT2D eigenvalue weighted by atomic mass is 35.5. The Bertz CT molecular complexity index is 599. The van der Waals surface area contributed by atoms with Crippen molar-refractivity contribution >= 4 is 23.4 Å². The van der Waals surface area contributed by atoms with Crippen LogP contribution in [0, 0.1) is 0 Å². The summed E-state index contributed by atoms with van der Waals surface area (Å²) in [4.78, 5) is 0.904. The predicted molar refractivity (Wildman–Crippen MR) is 80.5 cm³/mol. The molecule has 1 atom stereocenters. The van der Waals surface area contributed by atoms with Gasteiger partial charge in [0, 0.05) is 16.7 Å². The monoisotopic (exact) mass is 331 g/mol. The van der Waals surface area contributed by atoms with Gasteiger partial charge < -0.3 is 5.73 Å². The van der Waals surface area contributed by atoms with Gasteiger partial charge in [0.1, 0.15) is 0 Å². The van der Waals surface area contributed by atoms with E-state index in [2.05, 4.69) is 0 Å². The lowest BCUT2D eigenvalue weighted by atomic mass is 10.1. The maximum atomic E-state index is 12.5. The van der Waals surface area contributed by atoms with E-state index in [1.54, 1.807) is 6.07 Å². The van der Waals surface area contributed by atoms with E-state index < -0.39 is 11.7 Å². The van der Waals surface area contributed by atoms with Gasteiger partial charge in [-0.3, -0.25) is 0 Å². The zero-order chi connectivity index (χ0) is 15.5. The van der Waals surface area contributed by atoms with Crippen LogP contribution in [0.2, 0.25) is 5.02 Å². The molecule has 0 bridgehead atoms. The van der Waals surface area contributed by atoms with Crippen LogP contribution in [0.5, 0.6) is 0 Å². The molecule has 21 heavy (non-hydrogen) atoms. The summed E-state index contributed by atoms with van der Waals surface area (Å²) in [6, 6.07) is 12.0. The van der Waals surface area contributed by atoms with Crippen LogP contribution in [0.25, 0.3) is 0 Å². The second-order valence-corrected chi connectivity index (χ2v) is 5.94. The van der Waals surface area contributed by atoms with Gasteiger partial charge in [0.15, 0.2) is 0 Å². The molecule has 112 valence electrons. The summed E-state index contributed by atoms with van der Waals surface area (Å²) in [6.45, 7) is 0. The SMILES string of the molecule is NC(CSc1ccccc1Cl)c1ccc(C(F)(F)F)cc1. The van der Waals surface area contributed by atoms with Crippen molar-refractivity contribution in [3.8, 4) is 0 Å². The van der Waals surface area contributed by atoms with Crippen molar-refractivity contribution in [1.82, 2.24) is 0 Å². The lowest BCUT2D eigenvalue weighted by Crippen LogP contribution is -2.13. The van der Waals surface area contributed by atoms with E-state index in [9.17, 15) is 13.2 Å². The Labute approximate surface area is 130 Å². The molecule has 0 spiro atoms. The molecule has 6 heteroatoms. The lowest BCUT2D eigenvalue weighted by molar-refractivity contribution is -0.137. The van der Waals surface area contributed by atoms with Crippen molar-refractivity contribution in [2.45, 2.75) is 17.1 Å². The van der Waals surface area contributed by atoms with Gasteiger partial charge in [0.25, 0.3) is 0 Å². The molecule has 0 saturated heterocycles. The number of nitrogens with two attached hydrogens (primary N) is 1. The minimum Gasteiger partial charge on any atom is -0.323 e. The van der Waals surface area contributed by atoms with Crippen molar-refractivity contribution in [3.63, 3.8) is 0 Å². The molecule has 1 unspecified atom stereocenters. The first-order valence-electron chi connectivity index (χ1n) is 6.18. The van der Waals surface area contributed by atoms with Gasteiger partial charge in [-0.25, -0.2) is 0 Å². The molecule has 0 aromatic heterocycles. The van der Waals surface area contributed by atoms with Crippen LogP contribution in [0.1, 0.15) is 17.2 Å². The summed E-state index contributed by atoms with van der Waals surface area (Å²) in [5.41, 5.74) is 6.01. The van der Waals surface area contributed by atoms with Crippen molar-refractivity contribution < 1.29 is 13.2 Å². The zero-order valence-electron chi connectivity index (χ0n) is 10.9. The maximum absolute atomic E-state index is 12.5. The average molecular weight is 332 g/mol. The normalized spacial score (nSPS) is 13.2. The molecule has 0 radical (unpaired) electrons. The second-order valence-electron chi connectivity index (χ2n) is 4.47. The van der Waals surface area contributed by atoms with Crippen LogP contribution < -0.4 is 5.73 Å². The quantitative estimate of drug-likeness (QED) is 0.784. The van der Waals surface area contributed by atoms with E-state index in [-0.39, 0.29) is 6.04 Å². The third kappa shape index (κ3) is 4.40. The maximum Gasteiger partial charge on any atom is 0.416 e. The van der Waals surface area contributed by atoms with Crippen LogP contribution in [0.4, 0.5) is 13.2 Å².